The van der Waals surface area contributed by atoms with Gasteiger partial charge in [0.15, 0.2) is 11.6 Å². The monoisotopic (exact) mass is 387 g/mol. The Hall–Kier alpha value is -3.55. The van der Waals surface area contributed by atoms with Crippen LogP contribution in [0.15, 0.2) is 49.2 Å². The number of nitrogens with one attached hydrogen (secondary N) is 1. The number of nitrogens with zero attached hydrogens (tertiary/aromatic N) is 6. The Labute approximate surface area is 168 Å². The maximum absolute atomic E-state index is 13.2. The van der Waals surface area contributed by atoms with Gasteiger partial charge in [0.05, 0.1) is 23.6 Å². The molecule has 0 aliphatic carbocycles. The molecule has 0 saturated carbocycles. The van der Waals surface area contributed by atoms with Crippen molar-refractivity contribution in [3.8, 4) is 11.3 Å². The number of pyridine rings is 2. The molecule has 2 amide bonds. The number of carbonyl (C=O) groups excluding carboxylic acids is 1. The summed E-state index contributed by atoms with van der Waals surface area (Å²) in [7, 11) is 0. The average Bonchev–Trinajstić information content (AvgIpc) is 2.74. The first kappa shape index (κ1) is 17.5. The van der Waals surface area contributed by atoms with Crippen molar-refractivity contribution in [2.24, 2.45) is 0 Å². The molecule has 29 heavy (non-hydrogen) atoms. The molecule has 5 rings (SSSR count). The number of hydrogen-bond acceptors (Lipinski definition) is 6. The first-order valence-corrected chi connectivity index (χ1v) is 9.73. The molecule has 3 aromatic rings. The lowest BCUT2D eigenvalue weighted by molar-refractivity contribution is 0.252. The maximum atomic E-state index is 13.2. The molecule has 2 bridgehead atoms. The summed E-state index contributed by atoms with van der Waals surface area (Å²) in [6, 6.07) is 5.96. The minimum Gasteiger partial charge on any atom is -0.366 e. The molecular weight excluding hydrogens is 366 g/mol. The third-order valence-electron chi connectivity index (χ3n) is 5.37. The zero-order valence-electron chi connectivity index (χ0n) is 16.1. The summed E-state index contributed by atoms with van der Waals surface area (Å²) in [4.78, 5) is 34.7. The van der Waals surface area contributed by atoms with Crippen LogP contribution in [0.4, 0.5) is 22.1 Å². The molecular formula is C21H21N7O. The second-order valence-corrected chi connectivity index (χ2v) is 7.42. The Morgan fingerprint density at radius 2 is 2.10 bits per heavy atom. The van der Waals surface area contributed by atoms with E-state index < -0.39 is 0 Å². The number of piperidine rings is 1. The van der Waals surface area contributed by atoms with Gasteiger partial charge in [0.1, 0.15) is 0 Å². The van der Waals surface area contributed by atoms with E-state index in [9.17, 15) is 4.79 Å². The van der Waals surface area contributed by atoms with Crippen LogP contribution >= 0.6 is 0 Å². The van der Waals surface area contributed by atoms with Crippen LogP contribution in [-0.2, 0) is 0 Å². The summed E-state index contributed by atoms with van der Waals surface area (Å²) in [5, 5.41) is 2.87. The van der Waals surface area contributed by atoms with E-state index in [1.807, 2.05) is 19.2 Å². The third kappa shape index (κ3) is 3.26. The van der Waals surface area contributed by atoms with Crippen molar-refractivity contribution in [3.63, 3.8) is 0 Å². The number of urea groups is 1. The molecule has 3 aromatic heterocycles. The number of aryl methyl sites for hydroxylation is 1. The van der Waals surface area contributed by atoms with Crippen molar-refractivity contribution >= 4 is 23.4 Å². The van der Waals surface area contributed by atoms with Gasteiger partial charge >= 0.3 is 6.03 Å². The topological polar surface area (TPSA) is 87.1 Å². The van der Waals surface area contributed by atoms with E-state index >= 15 is 0 Å². The molecule has 5 heterocycles. The van der Waals surface area contributed by atoms with Crippen molar-refractivity contribution in [3.05, 3.63) is 54.7 Å². The van der Waals surface area contributed by atoms with Crippen LogP contribution in [0.2, 0.25) is 0 Å². The van der Waals surface area contributed by atoms with Crippen LogP contribution in [-0.4, -0.2) is 45.1 Å². The molecule has 0 aromatic carbocycles. The standard InChI is InChI=1S/C21H21N7O/c1-14-9-15(11-23-10-14)17-4-5-18-20(25-17)28(16-3-2-8-27(18)13-16)21(29)26-19-12-22-6-7-24-19/h4-7,9-12,16H,2-3,8,13H2,1H3,(H,24,26,29)/t16-/m0/s1. The summed E-state index contributed by atoms with van der Waals surface area (Å²) in [6.45, 7) is 3.80. The van der Waals surface area contributed by atoms with Crippen molar-refractivity contribution in [1.82, 2.24) is 19.9 Å². The molecule has 0 spiro atoms. The van der Waals surface area contributed by atoms with Gasteiger partial charge in [-0.1, -0.05) is 0 Å². The Balaban J connectivity index is 1.56. The lowest BCUT2D eigenvalue weighted by Gasteiger charge is -2.45. The highest BCUT2D eigenvalue weighted by Gasteiger charge is 2.38. The average molecular weight is 387 g/mol. The normalized spacial score (nSPS) is 17.6. The molecule has 1 N–H and O–H groups in total. The summed E-state index contributed by atoms with van der Waals surface area (Å²) in [5.41, 5.74) is 3.80. The minimum absolute atomic E-state index is 0.0753. The first-order valence-electron chi connectivity index (χ1n) is 9.73. The van der Waals surface area contributed by atoms with Crippen molar-refractivity contribution < 1.29 is 4.79 Å². The van der Waals surface area contributed by atoms with Crippen LogP contribution in [0.25, 0.3) is 11.3 Å². The highest BCUT2D eigenvalue weighted by atomic mass is 16.2. The van der Waals surface area contributed by atoms with Gasteiger partial charge in [0.2, 0.25) is 0 Å². The van der Waals surface area contributed by atoms with Gasteiger partial charge in [0, 0.05) is 43.4 Å². The van der Waals surface area contributed by atoms with Crippen LogP contribution in [0, 0.1) is 6.92 Å². The molecule has 1 fully saturated rings. The fourth-order valence-electron chi connectivity index (χ4n) is 4.07. The van der Waals surface area contributed by atoms with E-state index in [1.165, 1.54) is 6.20 Å². The highest BCUT2D eigenvalue weighted by Crippen LogP contribution is 2.39. The second-order valence-electron chi connectivity index (χ2n) is 7.42. The number of carbonyl (C=O) groups is 1. The van der Waals surface area contributed by atoms with E-state index in [4.69, 9.17) is 4.98 Å². The van der Waals surface area contributed by atoms with Gasteiger partial charge in [-0.2, -0.15) is 0 Å². The van der Waals surface area contributed by atoms with Gasteiger partial charge in [0.25, 0.3) is 0 Å². The lowest BCUT2D eigenvalue weighted by Crippen LogP contribution is -2.56. The predicted molar refractivity (Wildman–Crippen MR) is 111 cm³/mol. The van der Waals surface area contributed by atoms with Crippen molar-refractivity contribution in [1.29, 1.82) is 0 Å². The van der Waals surface area contributed by atoms with Gasteiger partial charge in [-0.05, 0) is 43.5 Å². The zero-order chi connectivity index (χ0) is 19.8. The fraction of sp³-hybridized carbons (Fsp3) is 0.286. The van der Waals surface area contributed by atoms with Crippen LogP contribution < -0.4 is 15.1 Å². The Morgan fingerprint density at radius 1 is 1.17 bits per heavy atom. The van der Waals surface area contributed by atoms with Gasteiger partial charge in [-0.3, -0.25) is 20.2 Å². The molecule has 0 unspecified atom stereocenters. The molecule has 1 atom stereocenters. The zero-order valence-corrected chi connectivity index (χ0v) is 16.1. The van der Waals surface area contributed by atoms with Crippen molar-refractivity contribution in [2.75, 3.05) is 28.2 Å². The van der Waals surface area contributed by atoms with E-state index in [0.717, 1.165) is 48.4 Å². The Morgan fingerprint density at radius 3 is 2.93 bits per heavy atom. The fourth-order valence-corrected chi connectivity index (χ4v) is 4.07. The lowest BCUT2D eigenvalue weighted by atomic mass is 9.99. The van der Waals surface area contributed by atoms with E-state index in [1.54, 1.807) is 23.5 Å². The molecule has 0 radical (unpaired) electrons. The number of fused-ring (bicyclic) bond motifs is 4. The smallest absolute Gasteiger partial charge is 0.329 e. The van der Waals surface area contributed by atoms with Gasteiger partial charge in [-0.15, -0.1) is 0 Å². The Bertz CT molecular complexity index is 1060. The molecule has 2 aliphatic heterocycles. The quantitative estimate of drug-likeness (QED) is 0.726. The Kier molecular flexibility index (Phi) is 4.31. The first-order chi connectivity index (χ1) is 14.2. The van der Waals surface area contributed by atoms with E-state index in [2.05, 4.69) is 37.3 Å². The number of amides is 2. The summed E-state index contributed by atoms with van der Waals surface area (Å²) in [5.74, 6) is 1.11. The van der Waals surface area contributed by atoms with Gasteiger partial charge in [-0.25, -0.2) is 14.8 Å². The van der Waals surface area contributed by atoms with Crippen molar-refractivity contribution in [2.45, 2.75) is 25.8 Å². The number of aromatic nitrogens is 4. The SMILES string of the molecule is Cc1cncc(-c2ccc3c(n2)N(C(=O)Nc2cnccn2)[C@H]2CCCN3C2)c1. The molecule has 1 saturated heterocycles. The maximum Gasteiger partial charge on any atom is 0.329 e. The van der Waals surface area contributed by atoms with Crippen LogP contribution in [0.5, 0.6) is 0 Å². The number of hydrogen-bond donors (Lipinski definition) is 1. The minimum atomic E-state index is -0.231. The highest BCUT2D eigenvalue weighted by molar-refractivity contribution is 6.04. The summed E-state index contributed by atoms with van der Waals surface area (Å²) >= 11 is 0. The second kappa shape index (κ2) is 7.12. The molecule has 8 heteroatoms. The third-order valence-corrected chi connectivity index (χ3v) is 5.37. The molecule has 146 valence electrons. The summed E-state index contributed by atoms with van der Waals surface area (Å²) in [6.07, 6.45) is 10.3. The number of rotatable bonds is 2. The van der Waals surface area contributed by atoms with Gasteiger partial charge < -0.3 is 4.90 Å². The predicted octanol–water partition coefficient (Wildman–Crippen LogP) is 3.26. The largest absolute Gasteiger partial charge is 0.366 e. The number of anilines is 3. The molecule has 2 aliphatic rings. The van der Waals surface area contributed by atoms with Crippen LogP contribution in [0.3, 0.4) is 0 Å². The summed E-state index contributed by atoms with van der Waals surface area (Å²) < 4.78 is 0. The molecule has 8 nitrogen and oxygen atoms in total. The van der Waals surface area contributed by atoms with E-state index in [0.29, 0.717) is 11.6 Å². The van der Waals surface area contributed by atoms with E-state index in [-0.39, 0.29) is 12.1 Å². The van der Waals surface area contributed by atoms with Crippen LogP contribution in [0.1, 0.15) is 18.4 Å².